The van der Waals surface area contributed by atoms with E-state index < -0.39 is 5.60 Å². The Morgan fingerprint density at radius 2 is 2.04 bits per heavy atom. The van der Waals surface area contributed by atoms with Crippen molar-refractivity contribution < 1.29 is 5.11 Å². The van der Waals surface area contributed by atoms with E-state index >= 15 is 0 Å². The van der Waals surface area contributed by atoms with Crippen molar-refractivity contribution in [2.75, 3.05) is 26.7 Å². The third-order valence-corrected chi connectivity index (χ3v) is 4.81. The highest BCUT2D eigenvalue weighted by Crippen LogP contribution is 2.19. The van der Waals surface area contributed by atoms with Crippen molar-refractivity contribution in [3.63, 3.8) is 0 Å². The van der Waals surface area contributed by atoms with E-state index in [1.165, 1.54) is 5.56 Å². The number of aliphatic imine (C=N–C) groups is 1. The summed E-state index contributed by atoms with van der Waals surface area (Å²) in [5.74, 6) is 0.701. The molecule has 1 heterocycles. The number of aryl methyl sites for hydroxylation is 1. The zero-order valence-corrected chi connectivity index (χ0v) is 17.7. The highest BCUT2D eigenvalue weighted by atomic mass is 16.3. The molecule has 0 amide bonds. The molecule has 0 aliphatic heterocycles. The van der Waals surface area contributed by atoms with E-state index in [0.29, 0.717) is 12.0 Å². The Kier molecular flexibility index (Phi) is 8.02. The number of aliphatic hydroxyl groups is 1. The highest BCUT2D eigenvalue weighted by Gasteiger charge is 2.24. The predicted octanol–water partition coefficient (Wildman–Crippen LogP) is 1.70. The van der Waals surface area contributed by atoms with E-state index in [1.807, 2.05) is 26.2 Å². The molecule has 0 saturated carbocycles. The van der Waals surface area contributed by atoms with E-state index in [4.69, 9.17) is 0 Å². The van der Waals surface area contributed by atoms with Crippen LogP contribution in [0.3, 0.4) is 0 Å². The molecule has 1 aromatic heterocycles. The van der Waals surface area contributed by atoms with Crippen molar-refractivity contribution >= 4 is 5.96 Å². The average Bonchev–Trinajstić information content (AvgIpc) is 3.12. The van der Waals surface area contributed by atoms with Crippen molar-refractivity contribution in [3.05, 3.63) is 53.9 Å². The molecule has 2 aromatic rings. The minimum absolute atomic E-state index is 0.252. The zero-order chi connectivity index (χ0) is 20.6. The second-order valence-corrected chi connectivity index (χ2v) is 7.50. The molecule has 2 rings (SSSR count). The molecule has 0 aliphatic rings. The molecule has 28 heavy (non-hydrogen) atoms. The van der Waals surface area contributed by atoms with Gasteiger partial charge in [0.05, 0.1) is 12.7 Å². The van der Waals surface area contributed by atoms with Gasteiger partial charge in [0.2, 0.25) is 0 Å². The molecule has 2 unspecified atom stereocenters. The average molecular weight is 387 g/mol. The number of nitrogens with zero attached hydrogens (tertiary/aromatic N) is 4. The summed E-state index contributed by atoms with van der Waals surface area (Å²) in [5.41, 5.74) is 0.988. The van der Waals surface area contributed by atoms with Crippen LogP contribution < -0.4 is 10.6 Å². The van der Waals surface area contributed by atoms with Gasteiger partial charge in [0.15, 0.2) is 5.96 Å². The molecule has 0 spiro atoms. The number of guanidine groups is 1. The standard InChI is InChI=1S/C21H34N6O/c1-6-22-20(24-16-21(3,28)19-13-25-27(5)15-19)23-12-17(2)26(4)14-18-10-8-7-9-11-18/h7-11,13,15,17,28H,6,12,14,16H2,1-5H3,(H2,22,23,24). The summed E-state index contributed by atoms with van der Waals surface area (Å²) in [6, 6.07) is 10.8. The second-order valence-electron chi connectivity index (χ2n) is 7.50. The third kappa shape index (κ3) is 6.65. The van der Waals surface area contributed by atoms with Gasteiger partial charge >= 0.3 is 0 Å². The largest absolute Gasteiger partial charge is 0.383 e. The van der Waals surface area contributed by atoms with E-state index in [9.17, 15) is 5.11 Å². The minimum Gasteiger partial charge on any atom is -0.383 e. The van der Waals surface area contributed by atoms with Crippen molar-refractivity contribution in [3.8, 4) is 0 Å². The maximum Gasteiger partial charge on any atom is 0.191 e. The van der Waals surface area contributed by atoms with Crippen LogP contribution in [-0.4, -0.2) is 58.5 Å². The lowest BCUT2D eigenvalue weighted by Gasteiger charge is -2.26. The van der Waals surface area contributed by atoms with Crippen LogP contribution >= 0.6 is 0 Å². The maximum atomic E-state index is 10.7. The smallest absolute Gasteiger partial charge is 0.191 e. The fourth-order valence-electron chi connectivity index (χ4n) is 2.79. The molecule has 0 radical (unpaired) electrons. The van der Waals surface area contributed by atoms with Crippen molar-refractivity contribution in [2.45, 2.75) is 39.0 Å². The molecule has 3 N–H and O–H groups in total. The number of benzene rings is 1. The number of hydrogen-bond donors (Lipinski definition) is 3. The molecule has 7 nitrogen and oxygen atoms in total. The van der Waals surface area contributed by atoms with Gasteiger partial charge in [-0.2, -0.15) is 5.10 Å². The van der Waals surface area contributed by atoms with Gasteiger partial charge in [-0.1, -0.05) is 30.3 Å². The van der Waals surface area contributed by atoms with Gasteiger partial charge in [-0.15, -0.1) is 0 Å². The van der Waals surface area contributed by atoms with Gasteiger partial charge in [-0.05, 0) is 33.4 Å². The summed E-state index contributed by atoms with van der Waals surface area (Å²) in [6.45, 7) is 8.63. The lowest BCUT2D eigenvalue weighted by molar-refractivity contribution is 0.0671. The lowest BCUT2D eigenvalue weighted by atomic mass is 10.0. The fraction of sp³-hybridized carbons (Fsp3) is 0.524. The Hall–Kier alpha value is -2.38. The van der Waals surface area contributed by atoms with Crippen molar-refractivity contribution in [1.82, 2.24) is 25.3 Å². The van der Waals surface area contributed by atoms with Crippen LogP contribution in [0.25, 0.3) is 0 Å². The van der Waals surface area contributed by atoms with Crippen molar-refractivity contribution in [1.29, 1.82) is 0 Å². The van der Waals surface area contributed by atoms with Crippen LogP contribution in [0.2, 0.25) is 0 Å². The first-order valence-electron chi connectivity index (χ1n) is 9.79. The summed E-state index contributed by atoms with van der Waals surface area (Å²) in [5, 5.41) is 21.5. The summed E-state index contributed by atoms with van der Waals surface area (Å²) in [6.07, 6.45) is 3.49. The fourth-order valence-corrected chi connectivity index (χ4v) is 2.79. The summed E-state index contributed by atoms with van der Waals surface area (Å²) < 4.78 is 1.68. The number of likely N-dealkylation sites (N-methyl/N-ethyl adjacent to an activating group) is 1. The van der Waals surface area contributed by atoms with Gasteiger partial charge in [-0.3, -0.25) is 9.58 Å². The third-order valence-electron chi connectivity index (χ3n) is 4.81. The topological polar surface area (TPSA) is 77.7 Å². The van der Waals surface area contributed by atoms with Crippen LogP contribution in [0.15, 0.2) is 47.7 Å². The number of hydrogen-bond acceptors (Lipinski definition) is 4. The van der Waals surface area contributed by atoms with E-state index in [2.05, 4.69) is 63.9 Å². The van der Waals surface area contributed by atoms with Gasteiger partial charge in [0, 0.05) is 44.5 Å². The van der Waals surface area contributed by atoms with Crippen LogP contribution in [0.4, 0.5) is 0 Å². The van der Waals surface area contributed by atoms with Crippen LogP contribution in [-0.2, 0) is 19.2 Å². The van der Waals surface area contributed by atoms with Crippen LogP contribution in [0.5, 0.6) is 0 Å². The Labute approximate surface area is 168 Å². The molecule has 0 aliphatic carbocycles. The monoisotopic (exact) mass is 386 g/mol. The van der Waals surface area contributed by atoms with Gasteiger partial charge in [0.1, 0.15) is 5.60 Å². The molecule has 0 fully saturated rings. The Bertz CT molecular complexity index is 740. The molecular formula is C21H34N6O. The number of rotatable bonds is 9. The molecule has 7 heteroatoms. The molecule has 1 aromatic carbocycles. The van der Waals surface area contributed by atoms with E-state index in [-0.39, 0.29) is 6.54 Å². The minimum atomic E-state index is -1.06. The summed E-state index contributed by atoms with van der Waals surface area (Å²) in [4.78, 5) is 6.88. The van der Waals surface area contributed by atoms with E-state index in [1.54, 1.807) is 17.8 Å². The maximum absolute atomic E-state index is 10.7. The molecule has 0 bridgehead atoms. The number of aromatic nitrogens is 2. The first kappa shape index (κ1) is 21.9. The van der Waals surface area contributed by atoms with Crippen molar-refractivity contribution in [2.24, 2.45) is 12.0 Å². The summed E-state index contributed by atoms with van der Waals surface area (Å²) >= 11 is 0. The lowest BCUT2D eigenvalue weighted by Crippen LogP contribution is -2.45. The second kappa shape index (κ2) is 10.2. The molecule has 0 saturated heterocycles. The zero-order valence-electron chi connectivity index (χ0n) is 17.7. The SMILES string of the molecule is CCNC(=NCC(C)(O)c1cnn(C)c1)NCC(C)N(C)Cc1ccccc1. The molecule has 154 valence electrons. The number of nitrogens with one attached hydrogen (secondary N) is 2. The normalized spacial score (nSPS) is 15.3. The Morgan fingerprint density at radius 1 is 1.32 bits per heavy atom. The summed E-state index contributed by atoms with van der Waals surface area (Å²) in [7, 11) is 3.96. The molecular weight excluding hydrogens is 352 g/mol. The Morgan fingerprint density at radius 3 is 2.64 bits per heavy atom. The Balaban J connectivity index is 1.91. The van der Waals surface area contributed by atoms with Gasteiger partial charge in [-0.25, -0.2) is 4.99 Å². The van der Waals surface area contributed by atoms with Gasteiger partial charge < -0.3 is 15.7 Å². The first-order valence-corrected chi connectivity index (χ1v) is 9.79. The highest BCUT2D eigenvalue weighted by molar-refractivity contribution is 5.79. The predicted molar refractivity (Wildman–Crippen MR) is 114 cm³/mol. The van der Waals surface area contributed by atoms with E-state index in [0.717, 1.165) is 25.2 Å². The van der Waals surface area contributed by atoms with Crippen LogP contribution in [0.1, 0.15) is 31.9 Å². The molecule has 2 atom stereocenters. The van der Waals surface area contributed by atoms with Crippen LogP contribution in [0, 0.1) is 0 Å². The quantitative estimate of drug-likeness (QED) is 0.452. The van der Waals surface area contributed by atoms with Gasteiger partial charge in [0.25, 0.3) is 0 Å². The first-order chi connectivity index (χ1) is 13.3.